The van der Waals surface area contributed by atoms with Crippen LogP contribution < -0.4 is 5.32 Å². The fourth-order valence-electron chi connectivity index (χ4n) is 0.965. The minimum absolute atomic E-state index is 0.0104. The first-order chi connectivity index (χ1) is 6.11. The molecule has 0 aromatic carbocycles. The van der Waals surface area contributed by atoms with Crippen molar-refractivity contribution >= 4 is 11.4 Å². The van der Waals surface area contributed by atoms with Crippen LogP contribution in [-0.4, -0.2) is 15.9 Å². The fraction of sp³-hybridized carbons (Fsp3) is 0.375. The molecule has 1 N–H and O–H groups in total. The van der Waals surface area contributed by atoms with Crippen molar-refractivity contribution in [2.45, 2.75) is 19.9 Å². The summed E-state index contributed by atoms with van der Waals surface area (Å²) in [6.07, 6.45) is 2.77. The number of hydrogen-bond acceptors (Lipinski definition) is 4. The SMILES string of the molecule is CC(C)Nc1ccncc1[N+](=O)[O-]. The summed E-state index contributed by atoms with van der Waals surface area (Å²) in [7, 11) is 0. The topological polar surface area (TPSA) is 68.1 Å². The molecule has 5 heteroatoms. The van der Waals surface area contributed by atoms with Crippen LogP contribution in [0.25, 0.3) is 0 Å². The summed E-state index contributed by atoms with van der Waals surface area (Å²) in [6, 6.07) is 1.76. The van der Waals surface area contributed by atoms with E-state index in [0.717, 1.165) is 0 Å². The van der Waals surface area contributed by atoms with Crippen molar-refractivity contribution in [3.63, 3.8) is 0 Å². The molecule has 0 bridgehead atoms. The zero-order valence-electron chi connectivity index (χ0n) is 7.52. The van der Waals surface area contributed by atoms with E-state index in [-0.39, 0.29) is 11.7 Å². The minimum Gasteiger partial charge on any atom is -0.377 e. The Labute approximate surface area is 75.9 Å². The maximum Gasteiger partial charge on any atom is 0.310 e. The van der Waals surface area contributed by atoms with E-state index in [9.17, 15) is 10.1 Å². The fourth-order valence-corrected chi connectivity index (χ4v) is 0.965. The molecule has 5 nitrogen and oxygen atoms in total. The number of aromatic nitrogens is 1. The largest absolute Gasteiger partial charge is 0.377 e. The summed E-state index contributed by atoms with van der Waals surface area (Å²) in [6.45, 7) is 3.84. The average molecular weight is 181 g/mol. The van der Waals surface area contributed by atoms with Crippen molar-refractivity contribution in [2.24, 2.45) is 0 Å². The molecule has 0 aliphatic rings. The van der Waals surface area contributed by atoms with Crippen LogP contribution >= 0.6 is 0 Å². The van der Waals surface area contributed by atoms with Gasteiger partial charge in [-0.3, -0.25) is 15.1 Å². The van der Waals surface area contributed by atoms with Gasteiger partial charge in [-0.1, -0.05) is 0 Å². The molecule has 1 heterocycles. The first-order valence-corrected chi connectivity index (χ1v) is 3.96. The highest BCUT2D eigenvalue weighted by Gasteiger charge is 2.12. The normalized spacial score (nSPS) is 10.1. The van der Waals surface area contributed by atoms with Crippen molar-refractivity contribution < 1.29 is 4.92 Å². The molecule has 0 amide bonds. The van der Waals surface area contributed by atoms with Crippen molar-refractivity contribution in [3.05, 3.63) is 28.6 Å². The molecule has 0 saturated carbocycles. The molecule has 0 aliphatic carbocycles. The van der Waals surface area contributed by atoms with E-state index in [4.69, 9.17) is 0 Å². The van der Waals surface area contributed by atoms with Gasteiger partial charge in [0.15, 0.2) is 0 Å². The Morgan fingerprint density at radius 2 is 2.31 bits per heavy atom. The molecule has 0 aliphatic heterocycles. The first-order valence-electron chi connectivity index (χ1n) is 3.96. The minimum atomic E-state index is -0.447. The van der Waals surface area contributed by atoms with Crippen molar-refractivity contribution in [2.75, 3.05) is 5.32 Å². The number of anilines is 1. The third-order valence-corrected chi connectivity index (χ3v) is 1.44. The van der Waals surface area contributed by atoms with Gasteiger partial charge >= 0.3 is 5.69 Å². The summed E-state index contributed by atoms with van der Waals surface area (Å²) >= 11 is 0. The zero-order valence-corrected chi connectivity index (χ0v) is 7.52. The maximum absolute atomic E-state index is 10.5. The van der Waals surface area contributed by atoms with Crippen LogP contribution in [0.3, 0.4) is 0 Å². The Kier molecular flexibility index (Phi) is 2.79. The molecular weight excluding hydrogens is 170 g/mol. The highest BCUT2D eigenvalue weighted by molar-refractivity contribution is 5.59. The van der Waals surface area contributed by atoms with Gasteiger partial charge in [-0.25, -0.2) is 0 Å². The van der Waals surface area contributed by atoms with Crippen LogP contribution in [0.15, 0.2) is 18.5 Å². The Morgan fingerprint density at radius 1 is 1.62 bits per heavy atom. The molecule has 0 unspecified atom stereocenters. The van der Waals surface area contributed by atoms with E-state index in [0.29, 0.717) is 5.69 Å². The first kappa shape index (κ1) is 9.44. The summed E-state index contributed by atoms with van der Waals surface area (Å²) in [4.78, 5) is 13.8. The number of rotatable bonds is 3. The molecule has 0 spiro atoms. The number of nitrogens with one attached hydrogen (secondary N) is 1. The molecule has 1 aromatic rings. The Morgan fingerprint density at radius 3 is 2.85 bits per heavy atom. The van der Waals surface area contributed by atoms with Gasteiger partial charge in [0.05, 0.1) is 4.92 Å². The summed E-state index contributed by atoms with van der Waals surface area (Å²) in [5, 5.41) is 13.5. The van der Waals surface area contributed by atoms with Crippen molar-refractivity contribution in [3.8, 4) is 0 Å². The van der Waals surface area contributed by atoms with Crippen molar-refractivity contribution in [1.82, 2.24) is 4.98 Å². The molecule has 0 atom stereocenters. The van der Waals surface area contributed by atoms with Gasteiger partial charge in [0.25, 0.3) is 0 Å². The second-order valence-electron chi connectivity index (χ2n) is 2.95. The predicted octanol–water partition coefficient (Wildman–Crippen LogP) is 1.81. The van der Waals surface area contributed by atoms with Gasteiger partial charge in [-0.15, -0.1) is 0 Å². The van der Waals surface area contributed by atoms with E-state index in [1.807, 2.05) is 13.8 Å². The summed E-state index contributed by atoms with van der Waals surface area (Å²) in [5.41, 5.74) is 0.520. The second kappa shape index (κ2) is 3.84. The lowest BCUT2D eigenvalue weighted by molar-refractivity contribution is -0.384. The summed E-state index contributed by atoms with van der Waals surface area (Å²) in [5.74, 6) is 0. The van der Waals surface area contributed by atoms with E-state index in [1.54, 1.807) is 6.07 Å². The number of pyridine rings is 1. The monoisotopic (exact) mass is 181 g/mol. The molecule has 13 heavy (non-hydrogen) atoms. The highest BCUT2D eigenvalue weighted by atomic mass is 16.6. The van der Waals surface area contributed by atoms with E-state index in [1.165, 1.54) is 12.4 Å². The summed E-state index contributed by atoms with van der Waals surface area (Å²) < 4.78 is 0. The lowest BCUT2D eigenvalue weighted by atomic mass is 10.3. The quantitative estimate of drug-likeness (QED) is 0.570. The Balaban J connectivity index is 2.98. The Hall–Kier alpha value is -1.65. The van der Waals surface area contributed by atoms with Crippen LogP contribution in [0, 0.1) is 10.1 Å². The molecule has 1 aromatic heterocycles. The van der Waals surface area contributed by atoms with Crippen LogP contribution in [0.4, 0.5) is 11.4 Å². The zero-order chi connectivity index (χ0) is 9.84. The average Bonchev–Trinajstić information content (AvgIpc) is 2.03. The van der Waals surface area contributed by atoms with Gasteiger partial charge in [-0.05, 0) is 19.9 Å². The number of nitrogens with zero attached hydrogens (tertiary/aromatic N) is 2. The lowest BCUT2D eigenvalue weighted by Gasteiger charge is -2.08. The van der Waals surface area contributed by atoms with Crippen molar-refractivity contribution in [1.29, 1.82) is 0 Å². The molecule has 0 saturated heterocycles. The third-order valence-electron chi connectivity index (χ3n) is 1.44. The van der Waals surface area contributed by atoms with E-state index >= 15 is 0 Å². The van der Waals surface area contributed by atoms with E-state index < -0.39 is 4.92 Å². The third kappa shape index (κ3) is 2.40. The predicted molar refractivity (Wildman–Crippen MR) is 49.7 cm³/mol. The number of nitro groups is 1. The van der Waals surface area contributed by atoms with Gasteiger partial charge < -0.3 is 5.32 Å². The maximum atomic E-state index is 10.5. The molecule has 70 valence electrons. The standard InChI is InChI=1S/C8H11N3O2/c1-6(2)10-7-3-4-9-5-8(7)11(12)13/h3-6H,1-2H3,(H,9,10). The van der Waals surface area contributed by atoms with Gasteiger partial charge in [0.2, 0.25) is 0 Å². The van der Waals surface area contributed by atoms with Gasteiger partial charge in [0.1, 0.15) is 11.9 Å². The van der Waals surface area contributed by atoms with Gasteiger partial charge in [-0.2, -0.15) is 0 Å². The van der Waals surface area contributed by atoms with Crippen LogP contribution in [0.1, 0.15) is 13.8 Å². The van der Waals surface area contributed by atoms with Crippen LogP contribution in [0.5, 0.6) is 0 Å². The molecular formula is C8H11N3O2. The highest BCUT2D eigenvalue weighted by Crippen LogP contribution is 2.22. The lowest BCUT2D eigenvalue weighted by Crippen LogP contribution is -2.11. The van der Waals surface area contributed by atoms with Gasteiger partial charge in [0, 0.05) is 12.2 Å². The van der Waals surface area contributed by atoms with Crippen LogP contribution in [-0.2, 0) is 0 Å². The molecule has 0 radical (unpaired) electrons. The second-order valence-corrected chi connectivity index (χ2v) is 2.95. The van der Waals surface area contributed by atoms with E-state index in [2.05, 4.69) is 10.3 Å². The Bertz CT molecular complexity index is 312. The van der Waals surface area contributed by atoms with Crippen LogP contribution in [0.2, 0.25) is 0 Å². The molecule has 0 fully saturated rings. The molecule has 1 rings (SSSR count). The smallest absolute Gasteiger partial charge is 0.310 e. The number of hydrogen-bond donors (Lipinski definition) is 1.